The molecular formula is C7H17NP+. The second kappa shape index (κ2) is 2.98. The zero-order valence-electron chi connectivity index (χ0n) is 6.27. The molecule has 1 rings (SSSR count). The van der Waals surface area contributed by atoms with Crippen LogP contribution in [0, 0.1) is 0 Å². The Hall–Kier alpha value is 0.390. The quantitative estimate of drug-likeness (QED) is 0.560. The van der Waals surface area contributed by atoms with Crippen molar-refractivity contribution in [2.45, 2.75) is 19.3 Å². The lowest BCUT2D eigenvalue weighted by molar-refractivity contribution is 0.744. The van der Waals surface area contributed by atoms with E-state index in [9.17, 15) is 0 Å². The SMILES string of the molecule is C[P+]1(CN)CCCCC1. The van der Waals surface area contributed by atoms with Crippen molar-refractivity contribution < 1.29 is 0 Å². The topological polar surface area (TPSA) is 26.0 Å². The summed E-state index contributed by atoms with van der Waals surface area (Å²) in [7, 11) is -0.567. The normalized spacial score (nSPS) is 26.0. The van der Waals surface area contributed by atoms with Gasteiger partial charge in [0, 0.05) is 7.26 Å². The van der Waals surface area contributed by atoms with Gasteiger partial charge in [-0.15, -0.1) is 0 Å². The smallest absolute Gasteiger partial charge is 0.106 e. The van der Waals surface area contributed by atoms with E-state index in [1.165, 1.54) is 31.6 Å². The molecule has 2 heteroatoms. The highest BCUT2D eigenvalue weighted by Crippen LogP contribution is 2.57. The van der Waals surface area contributed by atoms with Crippen LogP contribution in [0.15, 0.2) is 0 Å². The fourth-order valence-corrected chi connectivity index (χ4v) is 4.02. The summed E-state index contributed by atoms with van der Waals surface area (Å²) in [5.74, 6) is 0. The van der Waals surface area contributed by atoms with Crippen molar-refractivity contribution in [3.05, 3.63) is 0 Å². The summed E-state index contributed by atoms with van der Waals surface area (Å²) in [5.41, 5.74) is 5.69. The van der Waals surface area contributed by atoms with E-state index < -0.39 is 7.26 Å². The maximum atomic E-state index is 5.69. The van der Waals surface area contributed by atoms with Crippen LogP contribution in [0.25, 0.3) is 0 Å². The van der Waals surface area contributed by atoms with E-state index >= 15 is 0 Å². The predicted octanol–water partition coefficient (Wildman–Crippen LogP) is 1.73. The second-order valence-corrected chi connectivity index (χ2v) is 7.81. The molecule has 1 saturated heterocycles. The molecule has 0 bridgehead atoms. The number of hydrogen-bond donors (Lipinski definition) is 1. The van der Waals surface area contributed by atoms with Gasteiger partial charge in [-0.2, -0.15) is 0 Å². The predicted molar refractivity (Wildman–Crippen MR) is 45.5 cm³/mol. The average molecular weight is 146 g/mol. The molecule has 1 nitrogen and oxygen atoms in total. The largest absolute Gasteiger partial charge is 0.299 e. The Bertz CT molecular complexity index is 86.9. The van der Waals surface area contributed by atoms with Crippen molar-refractivity contribution in [1.29, 1.82) is 0 Å². The minimum absolute atomic E-state index is 0.567. The summed E-state index contributed by atoms with van der Waals surface area (Å²) in [6.07, 6.45) is 8.26. The lowest BCUT2D eigenvalue weighted by Gasteiger charge is -2.24. The molecular weight excluding hydrogens is 129 g/mol. The van der Waals surface area contributed by atoms with Gasteiger partial charge in [0.15, 0.2) is 0 Å². The Kier molecular flexibility index (Phi) is 2.49. The van der Waals surface area contributed by atoms with E-state index in [0.717, 1.165) is 6.29 Å². The molecule has 0 unspecified atom stereocenters. The molecule has 1 aliphatic heterocycles. The molecule has 1 fully saturated rings. The minimum Gasteiger partial charge on any atom is -0.299 e. The second-order valence-electron chi connectivity index (χ2n) is 3.31. The minimum atomic E-state index is -0.567. The Balaban J connectivity index is 2.37. The highest BCUT2D eigenvalue weighted by atomic mass is 31.2. The van der Waals surface area contributed by atoms with Gasteiger partial charge in [0.25, 0.3) is 0 Å². The summed E-state index contributed by atoms with van der Waals surface area (Å²) in [6, 6.07) is 0. The van der Waals surface area contributed by atoms with E-state index in [1.807, 2.05) is 0 Å². The fraction of sp³-hybridized carbons (Fsp3) is 1.00. The summed E-state index contributed by atoms with van der Waals surface area (Å²) < 4.78 is 0. The van der Waals surface area contributed by atoms with Crippen LogP contribution in [-0.4, -0.2) is 25.3 Å². The molecule has 0 spiro atoms. The van der Waals surface area contributed by atoms with E-state index in [4.69, 9.17) is 5.73 Å². The van der Waals surface area contributed by atoms with Crippen LogP contribution >= 0.6 is 7.26 Å². The van der Waals surface area contributed by atoms with Crippen LogP contribution in [0.2, 0.25) is 0 Å². The highest BCUT2D eigenvalue weighted by Gasteiger charge is 2.31. The van der Waals surface area contributed by atoms with Gasteiger partial charge < -0.3 is 0 Å². The van der Waals surface area contributed by atoms with Gasteiger partial charge >= 0.3 is 0 Å². The Morgan fingerprint density at radius 1 is 1.22 bits per heavy atom. The first kappa shape index (κ1) is 7.50. The van der Waals surface area contributed by atoms with Crippen molar-refractivity contribution in [3.8, 4) is 0 Å². The van der Waals surface area contributed by atoms with Gasteiger partial charge in [0.05, 0.1) is 19.0 Å². The zero-order chi connectivity index (χ0) is 6.74. The Morgan fingerprint density at radius 3 is 2.11 bits per heavy atom. The molecule has 0 atom stereocenters. The lowest BCUT2D eigenvalue weighted by atomic mass is 10.3. The van der Waals surface area contributed by atoms with Crippen molar-refractivity contribution in [2.75, 3.05) is 25.3 Å². The highest BCUT2D eigenvalue weighted by molar-refractivity contribution is 7.75. The molecule has 0 aromatic heterocycles. The molecule has 1 heterocycles. The van der Waals surface area contributed by atoms with Gasteiger partial charge in [-0.1, -0.05) is 0 Å². The molecule has 0 aromatic carbocycles. The molecule has 0 radical (unpaired) electrons. The third-order valence-electron chi connectivity index (χ3n) is 2.34. The summed E-state index contributed by atoms with van der Waals surface area (Å²) in [4.78, 5) is 0. The number of nitrogens with two attached hydrogens (primary N) is 1. The van der Waals surface area contributed by atoms with Gasteiger partial charge in [-0.3, -0.25) is 5.73 Å². The van der Waals surface area contributed by atoms with Crippen molar-refractivity contribution in [3.63, 3.8) is 0 Å². The first-order valence-electron chi connectivity index (χ1n) is 3.80. The van der Waals surface area contributed by atoms with Crippen LogP contribution in [0.5, 0.6) is 0 Å². The lowest BCUT2D eigenvalue weighted by Crippen LogP contribution is -2.16. The van der Waals surface area contributed by atoms with E-state index in [-0.39, 0.29) is 0 Å². The van der Waals surface area contributed by atoms with Crippen LogP contribution in [0.3, 0.4) is 0 Å². The third kappa shape index (κ3) is 1.91. The first-order valence-corrected chi connectivity index (χ1v) is 6.60. The van der Waals surface area contributed by atoms with Crippen molar-refractivity contribution in [1.82, 2.24) is 0 Å². The van der Waals surface area contributed by atoms with Gasteiger partial charge in [-0.25, -0.2) is 0 Å². The molecule has 9 heavy (non-hydrogen) atoms. The van der Waals surface area contributed by atoms with Gasteiger partial charge in [-0.05, 0) is 19.3 Å². The standard InChI is InChI=1S/C7H17NP/c1-9(7-8)5-3-2-4-6-9/h2-8H2,1H3/q+1. The average Bonchev–Trinajstić information content (AvgIpc) is 1.90. The maximum absolute atomic E-state index is 5.69. The Labute approximate surface area is 58.3 Å². The van der Waals surface area contributed by atoms with Gasteiger partial charge in [0.2, 0.25) is 0 Å². The third-order valence-corrected chi connectivity index (χ3v) is 6.01. The van der Waals surface area contributed by atoms with E-state index in [2.05, 4.69) is 6.66 Å². The van der Waals surface area contributed by atoms with Crippen LogP contribution < -0.4 is 5.73 Å². The molecule has 1 aliphatic rings. The summed E-state index contributed by atoms with van der Waals surface area (Å²) in [5, 5.41) is 0. The molecule has 0 aliphatic carbocycles. The summed E-state index contributed by atoms with van der Waals surface area (Å²) in [6.45, 7) is 2.42. The molecule has 0 aromatic rings. The van der Waals surface area contributed by atoms with E-state index in [0.29, 0.717) is 0 Å². The van der Waals surface area contributed by atoms with Crippen molar-refractivity contribution in [2.24, 2.45) is 5.73 Å². The molecule has 54 valence electrons. The fourth-order valence-electron chi connectivity index (χ4n) is 1.46. The van der Waals surface area contributed by atoms with Crippen LogP contribution in [0.4, 0.5) is 0 Å². The van der Waals surface area contributed by atoms with Crippen molar-refractivity contribution >= 4 is 7.26 Å². The zero-order valence-corrected chi connectivity index (χ0v) is 7.16. The number of hydrogen-bond acceptors (Lipinski definition) is 1. The maximum Gasteiger partial charge on any atom is 0.106 e. The first-order chi connectivity index (χ1) is 4.27. The van der Waals surface area contributed by atoms with Crippen LogP contribution in [0.1, 0.15) is 19.3 Å². The monoisotopic (exact) mass is 146 g/mol. The molecule has 2 N–H and O–H groups in total. The van der Waals surface area contributed by atoms with Gasteiger partial charge in [0.1, 0.15) is 6.29 Å². The summed E-state index contributed by atoms with van der Waals surface area (Å²) >= 11 is 0. The molecule has 0 amide bonds. The Morgan fingerprint density at radius 2 is 1.78 bits per heavy atom. The van der Waals surface area contributed by atoms with Crippen LogP contribution in [-0.2, 0) is 0 Å². The number of rotatable bonds is 1. The van der Waals surface area contributed by atoms with E-state index in [1.54, 1.807) is 0 Å². The molecule has 0 saturated carbocycles.